The molecule has 1 N–H and O–H groups in total. The van der Waals surface area contributed by atoms with Crippen LogP contribution in [0.3, 0.4) is 0 Å². The Hall–Kier alpha value is -1.83. The van der Waals surface area contributed by atoms with E-state index in [1.807, 2.05) is 0 Å². The smallest absolute Gasteiger partial charge is 0.413 e. The van der Waals surface area contributed by atoms with Crippen molar-refractivity contribution >= 4 is 6.09 Å². The van der Waals surface area contributed by atoms with Gasteiger partial charge in [-0.15, -0.1) is 0 Å². The lowest BCUT2D eigenvalue weighted by Crippen LogP contribution is -2.55. The molecule has 0 saturated carbocycles. The second-order valence-electron chi connectivity index (χ2n) is 6.63. The third-order valence-corrected chi connectivity index (χ3v) is 3.68. The van der Waals surface area contributed by atoms with Crippen LogP contribution in [0.5, 0.6) is 0 Å². The van der Waals surface area contributed by atoms with Gasteiger partial charge in [-0.05, 0) is 32.9 Å². The number of nitrogens with zero attached hydrogens (tertiary/aromatic N) is 2. The van der Waals surface area contributed by atoms with Crippen LogP contribution in [0, 0.1) is 11.9 Å². The summed E-state index contributed by atoms with van der Waals surface area (Å²) in [4.78, 5) is 16.0. The van der Waals surface area contributed by atoms with Crippen molar-refractivity contribution < 1.29 is 27.8 Å². The summed E-state index contributed by atoms with van der Waals surface area (Å²) in [6.07, 6.45) is -0.0800. The monoisotopic (exact) mass is 332 g/mol. The summed E-state index contributed by atoms with van der Waals surface area (Å²) in [6, 6.07) is 2.19. The van der Waals surface area contributed by atoms with Gasteiger partial charge in [0.15, 0.2) is 0 Å². The number of rotatable bonds is 1. The second kappa shape index (κ2) is 5.36. The molecule has 8 heteroatoms. The number of halogens is 3. The van der Waals surface area contributed by atoms with Crippen molar-refractivity contribution in [3.05, 3.63) is 29.8 Å². The topological polar surface area (TPSA) is 62.7 Å². The van der Waals surface area contributed by atoms with Gasteiger partial charge in [-0.25, -0.2) is 18.6 Å². The largest absolute Gasteiger partial charge is 0.444 e. The minimum Gasteiger partial charge on any atom is -0.444 e. The fourth-order valence-electron chi connectivity index (χ4n) is 2.54. The van der Waals surface area contributed by atoms with Gasteiger partial charge < -0.3 is 9.84 Å². The number of carbonyl (C=O) groups excluding carboxylic acids is 1. The fraction of sp³-hybridized carbons (Fsp3) is 0.600. The number of hydrogen-bond acceptors (Lipinski definition) is 4. The summed E-state index contributed by atoms with van der Waals surface area (Å²) in [5, 5.41) is 10.7. The van der Waals surface area contributed by atoms with Crippen molar-refractivity contribution in [3.63, 3.8) is 0 Å². The highest BCUT2D eigenvalue weighted by molar-refractivity contribution is 5.70. The molecule has 2 unspecified atom stereocenters. The molecule has 2 rings (SSSR count). The average Bonchev–Trinajstić information content (AvgIpc) is 2.58. The molecule has 1 aromatic rings. The van der Waals surface area contributed by atoms with E-state index < -0.39 is 47.3 Å². The van der Waals surface area contributed by atoms with E-state index in [2.05, 4.69) is 4.98 Å². The maximum absolute atomic E-state index is 14.6. The zero-order valence-electron chi connectivity index (χ0n) is 13.3. The van der Waals surface area contributed by atoms with E-state index in [4.69, 9.17) is 4.74 Å². The van der Waals surface area contributed by atoms with E-state index in [1.165, 1.54) is 13.0 Å². The summed E-state index contributed by atoms with van der Waals surface area (Å²) in [5.74, 6) is -6.43. The van der Waals surface area contributed by atoms with Gasteiger partial charge in [-0.1, -0.05) is 6.92 Å². The van der Waals surface area contributed by atoms with E-state index in [0.717, 1.165) is 12.3 Å². The molecule has 0 bridgehead atoms. The number of carbonyl (C=O) groups is 1. The van der Waals surface area contributed by atoms with Crippen molar-refractivity contribution in [2.45, 2.75) is 44.9 Å². The third kappa shape index (κ3) is 2.75. The Morgan fingerprint density at radius 1 is 1.48 bits per heavy atom. The van der Waals surface area contributed by atoms with Crippen molar-refractivity contribution in [3.8, 4) is 0 Å². The quantitative estimate of drug-likeness (QED) is 0.803. The van der Waals surface area contributed by atoms with Crippen LogP contribution in [0.1, 0.15) is 33.3 Å². The minimum atomic E-state index is -3.77. The van der Waals surface area contributed by atoms with Crippen molar-refractivity contribution in [2.24, 2.45) is 5.92 Å². The maximum atomic E-state index is 14.6. The molecule has 0 aromatic carbocycles. The number of ether oxygens (including phenoxy) is 1. The molecule has 1 aliphatic heterocycles. The molecular weight excluding hydrogens is 313 g/mol. The summed E-state index contributed by atoms with van der Waals surface area (Å²) < 4.78 is 48.2. The van der Waals surface area contributed by atoms with Gasteiger partial charge in [0, 0.05) is 18.7 Å². The predicted octanol–water partition coefficient (Wildman–Crippen LogP) is 2.89. The Kier molecular flexibility index (Phi) is 4.09. The zero-order chi connectivity index (χ0) is 17.6. The molecule has 1 aliphatic rings. The number of aromatic nitrogens is 1. The maximum Gasteiger partial charge on any atom is 0.413 e. The standard InChI is InChI=1S/C15H19F3N2O3/c1-9-8-20(12(21)23-13(2,3)4)15(22,14(9,17)18)10-6-5-7-19-11(10)16/h5-7,9,22H,8H2,1-4H3. The number of hydrogen-bond donors (Lipinski definition) is 1. The molecule has 2 heterocycles. The SMILES string of the molecule is CC1CN(C(=O)OC(C)(C)C)C(O)(c2cccnc2F)C1(F)F. The second-order valence-corrected chi connectivity index (χ2v) is 6.63. The summed E-state index contributed by atoms with van der Waals surface area (Å²) in [7, 11) is 0. The van der Waals surface area contributed by atoms with Crippen LogP contribution >= 0.6 is 0 Å². The normalized spacial score (nSPS) is 27.1. The van der Waals surface area contributed by atoms with Gasteiger partial charge in [0.2, 0.25) is 11.7 Å². The van der Waals surface area contributed by atoms with Crippen LogP contribution < -0.4 is 0 Å². The Labute approximate surface area is 132 Å². The number of pyridine rings is 1. The average molecular weight is 332 g/mol. The van der Waals surface area contributed by atoms with Crippen LogP contribution in [0.25, 0.3) is 0 Å². The number of amides is 1. The molecule has 2 atom stereocenters. The highest BCUT2D eigenvalue weighted by Crippen LogP contribution is 2.51. The minimum absolute atomic E-state index is 0.461. The predicted molar refractivity (Wildman–Crippen MR) is 75.1 cm³/mol. The number of alkyl halides is 2. The van der Waals surface area contributed by atoms with Gasteiger partial charge in [0.1, 0.15) is 5.60 Å². The Morgan fingerprint density at radius 3 is 2.61 bits per heavy atom. The van der Waals surface area contributed by atoms with E-state index in [-0.39, 0.29) is 0 Å². The van der Waals surface area contributed by atoms with Crippen molar-refractivity contribution in [2.75, 3.05) is 6.54 Å². The molecule has 0 radical (unpaired) electrons. The highest BCUT2D eigenvalue weighted by Gasteiger charge is 2.69. The van der Waals surface area contributed by atoms with Crippen LogP contribution in [0.2, 0.25) is 0 Å². The van der Waals surface area contributed by atoms with Crippen LogP contribution in [-0.2, 0) is 10.5 Å². The molecule has 0 spiro atoms. The van der Waals surface area contributed by atoms with E-state index in [0.29, 0.717) is 4.90 Å². The van der Waals surface area contributed by atoms with Gasteiger partial charge in [-0.2, -0.15) is 4.39 Å². The molecule has 1 saturated heterocycles. The van der Waals surface area contributed by atoms with Gasteiger partial charge in [-0.3, -0.25) is 4.90 Å². The van der Waals surface area contributed by atoms with Crippen molar-refractivity contribution in [1.29, 1.82) is 0 Å². The summed E-state index contributed by atoms with van der Waals surface area (Å²) >= 11 is 0. The molecule has 1 amide bonds. The molecule has 1 fully saturated rings. The molecule has 128 valence electrons. The summed E-state index contributed by atoms with van der Waals surface area (Å²) in [5.41, 5.74) is -4.88. The zero-order valence-corrected chi connectivity index (χ0v) is 13.3. The number of aliphatic hydroxyl groups is 1. The van der Waals surface area contributed by atoms with Gasteiger partial charge in [0.05, 0.1) is 5.56 Å². The first-order chi connectivity index (χ1) is 10.4. The first kappa shape index (κ1) is 17.5. The molecule has 5 nitrogen and oxygen atoms in total. The molecule has 0 aliphatic carbocycles. The summed E-state index contributed by atoms with van der Waals surface area (Å²) in [6.45, 7) is 5.38. The number of likely N-dealkylation sites (tertiary alicyclic amines) is 1. The Balaban J connectivity index is 2.54. The van der Waals surface area contributed by atoms with Gasteiger partial charge >= 0.3 is 12.0 Å². The first-order valence-corrected chi connectivity index (χ1v) is 7.13. The van der Waals surface area contributed by atoms with Crippen LogP contribution in [0.15, 0.2) is 18.3 Å². The van der Waals surface area contributed by atoms with Crippen molar-refractivity contribution in [1.82, 2.24) is 9.88 Å². The lowest BCUT2D eigenvalue weighted by atomic mass is 9.93. The molecule has 23 heavy (non-hydrogen) atoms. The Bertz CT molecular complexity index is 618. The van der Waals surface area contributed by atoms with Crippen LogP contribution in [0.4, 0.5) is 18.0 Å². The van der Waals surface area contributed by atoms with E-state index in [1.54, 1.807) is 20.8 Å². The fourth-order valence-corrected chi connectivity index (χ4v) is 2.54. The lowest BCUT2D eigenvalue weighted by Gasteiger charge is -2.37. The first-order valence-electron chi connectivity index (χ1n) is 7.13. The lowest BCUT2D eigenvalue weighted by molar-refractivity contribution is -0.229. The van der Waals surface area contributed by atoms with Crippen LogP contribution in [-0.4, -0.2) is 39.2 Å². The van der Waals surface area contributed by atoms with E-state index in [9.17, 15) is 23.1 Å². The molecule has 1 aromatic heterocycles. The van der Waals surface area contributed by atoms with E-state index >= 15 is 0 Å². The van der Waals surface area contributed by atoms with Gasteiger partial charge in [0.25, 0.3) is 0 Å². The molecular formula is C15H19F3N2O3. The Morgan fingerprint density at radius 2 is 2.09 bits per heavy atom. The third-order valence-electron chi connectivity index (χ3n) is 3.68. The highest BCUT2D eigenvalue weighted by atomic mass is 19.3.